The third kappa shape index (κ3) is 3.22. The van der Waals surface area contributed by atoms with Crippen molar-refractivity contribution in [1.29, 1.82) is 0 Å². The lowest BCUT2D eigenvalue weighted by Crippen LogP contribution is -2.36. The first-order valence-corrected chi connectivity index (χ1v) is 6.48. The Labute approximate surface area is 114 Å². The van der Waals surface area contributed by atoms with Gasteiger partial charge in [-0.1, -0.05) is 18.0 Å². The van der Waals surface area contributed by atoms with E-state index in [0.717, 1.165) is 31.4 Å². The smallest absolute Gasteiger partial charge is 0.391 e. The van der Waals surface area contributed by atoms with Crippen LogP contribution < -0.4 is 5.73 Å². The minimum Gasteiger partial charge on any atom is -0.391 e. The lowest BCUT2D eigenvalue weighted by atomic mass is 9.77. The summed E-state index contributed by atoms with van der Waals surface area (Å²) in [6.07, 6.45) is -2.55. The molecule has 1 aliphatic rings. The Bertz CT molecular complexity index is 460. The first kappa shape index (κ1) is 14.6. The van der Waals surface area contributed by atoms with Crippen molar-refractivity contribution >= 4 is 11.6 Å². The normalized spacial score (nSPS) is 19.9. The van der Waals surface area contributed by atoms with Crippen LogP contribution in [0.1, 0.15) is 36.4 Å². The molecule has 2 nitrogen and oxygen atoms in total. The number of aliphatic hydroxyl groups excluding tert-OH is 1. The Morgan fingerprint density at radius 3 is 2.37 bits per heavy atom. The van der Waals surface area contributed by atoms with E-state index in [-0.39, 0.29) is 16.5 Å². The molecule has 1 aliphatic carbocycles. The molecule has 1 saturated carbocycles. The number of aliphatic hydroxyl groups is 1. The number of alkyl halides is 3. The highest BCUT2D eigenvalue weighted by Crippen LogP contribution is 2.37. The maximum absolute atomic E-state index is 12.7. The Hall–Kier alpha value is -0.780. The zero-order valence-electron chi connectivity index (χ0n) is 10.1. The summed E-state index contributed by atoms with van der Waals surface area (Å²) in [7, 11) is 0. The van der Waals surface area contributed by atoms with Gasteiger partial charge in [-0.3, -0.25) is 0 Å². The van der Waals surface area contributed by atoms with Crippen molar-refractivity contribution in [3.05, 3.63) is 34.3 Å². The van der Waals surface area contributed by atoms with E-state index in [4.69, 9.17) is 17.3 Å². The largest absolute Gasteiger partial charge is 0.416 e. The maximum Gasteiger partial charge on any atom is 0.416 e. The number of hydrogen-bond acceptors (Lipinski definition) is 2. The molecule has 0 unspecified atom stereocenters. The van der Waals surface area contributed by atoms with Crippen molar-refractivity contribution < 1.29 is 18.3 Å². The van der Waals surface area contributed by atoms with Gasteiger partial charge in [0.05, 0.1) is 17.7 Å². The molecule has 19 heavy (non-hydrogen) atoms. The second-order valence-corrected chi connectivity index (χ2v) is 5.41. The summed E-state index contributed by atoms with van der Waals surface area (Å²) in [4.78, 5) is 0. The molecule has 0 spiro atoms. The Balaban J connectivity index is 2.25. The van der Waals surface area contributed by atoms with Gasteiger partial charge in [0.1, 0.15) is 0 Å². The molecule has 2 rings (SSSR count). The Kier molecular flexibility index (Phi) is 4.08. The van der Waals surface area contributed by atoms with Crippen molar-refractivity contribution in [3.63, 3.8) is 0 Å². The summed E-state index contributed by atoms with van der Waals surface area (Å²) in [5.74, 6) is 0.0725. The van der Waals surface area contributed by atoms with Crippen LogP contribution in [0.2, 0.25) is 5.02 Å². The number of hydrogen-bond donors (Lipinski definition) is 2. The summed E-state index contributed by atoms with van der Waals surface area (Å²) in [6.45, 7) is 0. The molecular weight excluding hydrogens is 279 g/mol. The first-order chi connectivity index (χ1) is 8.79. The van der Waals surface area contributed by atoms with E-state index in [1.807, 2.05) is 0 Å². The van der Waals surface area contributed by atoms with Gasteiger partial charge in [-0.05, 0) is 42.5 Å². The van der Waals surface area contributed by atoms with Gasteiger partial charge in [-0.25, -0.2) is 0 Å². The van der Waals surface area contributed by atoms with E-state index in [1.165, 1.54) is 6.07 Å². The molecule has 0 heterocycles. The monoisotopic (exact) mass is 293 g/mol. The zero-order chi connectivity index (χ0) is 14.2. The van der Waals surface area contributed by atoms with Crippen molar-refractivity contribution in [2.24, 2.45) is 11.7 Å². The molecule has 0 aliphatic heterocycles. The first-order valence-electron chi connectivity index (χ1n) is 6.10. The van der Waals surface area contributed by atoms with Crippen molar-refractivity contribution in [1.82, 2.24) is 0 Å². The molecule has 2 atom stereocenters. The maximum atomic E-state index is 12.7. The van der Waals surface area contributed by atoms with Gasteiger partial charge in [-0.15, -0.1) is 0 Å². The Morgan fingerprint density at radius 1 is 1.26 bits per heavy atom. The molecule has 1 aromatic rings. The molecule has 6 heteroatoms. The average molecular weight is 294 g/mol. The van der Waals surface area contributed by atoms with Crippen molar-refractivity contribution in [2.45, 2.75) is 37.6 Å². The minimum atomic E-state index is -4.47. The number of nitrogens with two attached hydrogens (primary N) is 1. The zero-order valence-corrected chi connectivity index (χ0v) is 10.9. The number of benzene rings is 1. The fourth-order valence-electron chi connectivity index (χ4n) is 2.24. The second-order valence-electron chi connectivity index (χ2n) is 4.98. The Morgan fingerprint density at radius 2 is 1.89 bits per heavy atom. The molecule has 0 bridgehead atoms. The quantitative estimate of drug-likeness (QED) is 0.896. The van der Waals surface area contributed by atoms with E-state index < -0.39 is 23.9 Å². The number of rotatable bonds is 3. The van der Waals surface area contributed by atoms with Crippen molar-refractivity contribution in [2.75, 3.05) is 0 Å². The molecule has 3 N–H and O–H groups in total. The van der Waals surface area contributed by atoms with Crippen LogP contribution in [0.3, 0.4) is 0 Å². The van der Waals surface area contributed by atoms with E-state index in [1.54, 1.807) is 0 Å². The van der Waals surface area contributed by atoms with Crippen LogP contribution in [0.5, 0.6) is 0 Å². The van der Waals surface area contributed by atoms with Crippen LogP contribution in [0, 0.1) is 5.92 Å². The summed E-state index contributed by atoms with van der Waals surface area (Å²) >= 11 is 5.70. The molecule has 1 fully saturated rings. The van der Waals surface area contributed by atoms with Crippen molar-refractivity contribution in [3.8, 4) is 0 Å². The van der Waals surface area contributed by atoms with Crippen LogP contribution in [-0.4, -0.2) is 11.2 Å². The van der Waals surface area contributed by atoms with Gasteiger partial charge < -0.3 is 10.8 Å². The predicted octanol–water partition coefficient (Wildman–Crippen LogP) is 3.52. The average Bonchev–Trinajstić information content (AvgIpc) is 2.23. The van der Waals surface area contributed by atoms with E-state index in [0.29, 0.717) is 0 Å². The van der Waals surface area contributed by atoms with Gasteiger partial charge in [0.25, 0.3) is 0 Å². The fourth-order valence-corrected chi connectivity index (χ4v) is 2.48. The number of halogens is 4. The topological polar surface area (TPSA) is 46.2 Å². The van der Waals surface area contributed by atoms with Crippen LogP contribution in [0.15, 0.2) is 18.2 Å². The molecule has 0 saturated heterocycles. The molecule has 0 amide bonds. The molecular formula is C13H15ClF3NO. The minimum absolute atomic E-state index is 0.0268. The second kappa shape index (κ2) is 5.31. The van der Waals surface area contributed by atoms with Crippen LogP contribution in [0.25, 0.3) is 0 Å². The van der Waals surface area contributed by atoms with E-state index in [2.05, 4.69) is 0 Å². The highest BCUT2D eigenvalue weighted by atomic mass is 35.5. The standard InChI is InChI=1S/C13H15ClF3NO/c14-10-5-8(4-9(6-10)13(15,16)17)11(18)12(19)7-2-1-3-7/h4-7,11-12,19H,1-3,18H2/t11-,12+/m1/s1. The van der Waals surface area contributed by atoms with Gasteiger partial charge in [0.2, 0.25) is 0 Å². The third-order valence-electron chi connectivity index (χ3n) is 3.63. The summed E-state index contributed by atoms with van der Waals surface area (Å²) < 4.78 is 38.1. The van der Waals surface area contributed by atoms with E-state index >= 15 is 0 Å². The third-order valence-corrected chi connectivity index (χ3v) is 3.85. The van der Waals surface area contributed by atoms with Crippen LogP contribution in [-0.2, 0) is 6.18 Å². The highest BCUT2D eigenvalue weighted by Gasteiger charge is 2.34. The highest BCUT2D eigenvalue weighted by molar-refractivity contribution is 6.30. The van der Waals surface area contributed by atoms with E-state index in [9.17, 15) is 18.3 Å². The molecule has 0 radical (unpaired) electrons. The lowest BCUT2D eigenvalue weighted by molar-refractivity contribution is -0.137. The SMILES string of the molecule is N[C@H](c1cc(Cl)cc(C(F)(F)F)c1)[C@@H](O)C1CCC1. The van der Waals surface area contributed by atoms with Gasteiger partial charge in [0.15, 0.2) is 0 Å². The summed E-state index contributed by atoms with van der Waals surface area (Å²) in [5, 5.41) is 10.00. The predicted molar refractivity (Wildman–Crippen MR) is 66.7 cm³/mol. The van der Waals surface area contributed by atoms with Crippen LogP contribution in [0.4, 0.5) is 13.2 Å². The molecule has 1 aromatic carbocycles. The summed E-state index contributed by atoms with van der Waals surface area (Å²) in [6, 6.07) is 2.35. The fraction of sp³-hybridized carbons (Fsp3) is 0.538. The van der Waals surface area contributed by atoms with Crippen LogP contribution >= 0.6 is 11.6 Å². The molecule has 106 valence electrons. The van der Waals surface area contributed by atoms with Gasteiger partial charge >= 0.3 is 6.18 Å². The lowest BCUT2D eigenvalue weighted by Gasteiger charge is -2.34. The van der Waals surface area contributed by atoms with Gasteiger partial charge in [0, 0.05) is 5.02 Å². The van der Waals surface area contributed by atoms with Gasteiger partial charge in [-0.2, -0.15) is 13.2 Å². The summed E-state index contributed by atoms with van der Waals surface area (Å²) in [5.41, 5.74) is 5.23. The molecule has 0 aromatic heterocycles.